The number of aromatic nitrogens is 1. The van der Waals surface area contributed by atoms with Gasteiger partial charge in [-0.2, -0.15) is 0 Å². The molecule has 104 valence electrons. The van der Waals surface area contributed by atoms with Gasteiger partial charge in [-0.15, -0.1) is 0 Å². The van der Waals surface area contributed by atoms with Crippen LogP contribution in [0, 0.1) is 0 Å². The summed E-state index contributed by atoms with van der Waals surface area (Å²) >= 11 is 0. The zero-order chi connectivity index (χ0) is 13.7. The van der Waals surface area contributed by atoms with Crippen LogP contribution < -0.4 is 0 Å². The minimum atomic E-state index is -0.170. The lowest BCUT2D eigenvalue weighted by Crippen LogP contribution is -2.23. The molecule has 1 aromatic heterocycles. The van der Waals surface area contributed by atoms with Crippen LogP contribution in [0.3, 0.4) is 0 Å². The normalized spacial score (nSPS) is 11.6. The van der Waals surface area contributed by atoms with Gasteiger partial charge in [-0.1, -0.05) is 13.0 Å². The monoisotopic (exact) mass is 261 g/mol. The molecule has 0 radical (unpaired) electrons. The third-order valence-electron chi connectivity index (χ3n) is 3.29. The topological polar surface area (TPSA) is 23.4 Å². The van der Waals surface area contributed by atoms with Gasteiger partial charge in [-0.25, -0.2) is 0 Å². The average molecular weight is 261 g/mol. The Morgan fingerprint density at radius 2 is 1.79 bits per heavy atom. The van der Waals surface area contributed by atoms with Gasteiger partial charge in [0, 0.05) is 24.9 Å². The van der Waals surface area contributed by atoms with E-state index in [2.05, 4.69) is 42.0 Å². The molecule has 0 spiro atoms. The van der Waals surface area contributed by atoms with Crippen molar-refractivity contribution in [3.05, 3.63) is 36.0 Å². The minimum absolute atomic E-state index is 0.170. The molecule has 0 saturated carbocycles. The van der Waals surface area contributed by atoms with E-state index in [1.165, 1.54) is 16.5 Å². The van der Waals surface area contributed by atoms with Crippen molar-refractivity contribution in [1.29, 1.82) is 0 Å². The number of nitrogens with zero attached hydrogens (tertiary/aromatic N) is 1. The summed E-state index contributed by atoms with van der Waals surface area (Å²) in [6.07, 6.45) is 3.01. The van der Waals surface area contributed by atoms with E-state index in [0.717, 1.165) is 13.0 Å². The Balaban J connectivity index is 2.20. The molecular formula is C16H23NO2. The molecule has 0 unspecified atom stereocenters. The molecule has 0 saturated heterocycles. The number of fused-ring (bicyclic) bond motifs is 1. The lowest BCUT2D eigenvalue weighted by molar-refractivity contribution is -0.143. The van der Waals surface area contributed by atoms with Crippen LogP contribution in [0.2, 0.25) is 0 Å². The van der Waals surface area contributed by atoms with Crippen LogP contribution in [0.15, 0.2) is 30.5 Å². The standard InChI is InChI=1S/C16H23NO2/c1-4-13-7-8-15-14(11-13)9-10-17(15)12-16(18-5-2)19-6-3/h7-11,16H,4-6,12H2,1-3H3. The quantitative estimate of drug-likeness (QED) is 0.711. The molecule has 3 nitrogen and oxygen atoms in total. The Labute approximate surface area is 115 Å². The first-order valence-electron chi connectivity index (χ1n) is 7.09. The maximum Gasteiger partial charge on any atom is 0.175 e. The Morgan fingerprint density at radius 1 is 1.05 bits per heavy atom. The maximum atomic E-state index is 5.61. The Bertz CT molecular complexity index is 512. The third-order valence-corrected chi connectivity index (χ3v) is 3.29. The van der Waals surface area contributed by atoms with E-state index in [9.17, 15) is 0 Å². The highest BCUT2D eigenvalue weighted by Crippen LogP contribution is 2.19. The summed E-state index contributed by atoms with van der Waals surface area (Å²) in [5.74, 6) is 0. The number of aryl methyl sites for hydroxylation is 1. The van der Waals surface area contributed by atoms with E-state index in [0.29, 0.717) is 13.2 Å². The van der Waals surface area contributed by atoms with E-state index >= 15 is 0 Å². The van der Waals surface area contributed by atoms with Crippen molar-refractivity contribution in [2.24, 2.45) is 0 Å². The van der Waals surface area contributed by atoms with E-state index in [1.807, 2.05) is 13.8 Å². The first-order chi connectivity index (χ1) is 9.28. The lowest BCUT2D eigenvalue weighted by atomic mass is 10.1. The summed E-state index contributed by atoms with van der Waals surface area (Å²) in [5, 5.41) is 1.28. The van der Waals surface area contributed by atoms with Gasteiger partial charge in [0.25, 0.3) is 0 Å². The fourth-order valence-corrected chi connectivity index (χ4v) is 2.31. The molecule has 19 heavy (non-hydrogen) atoms. The van der Waals surface area contributed by atoms with Gasteiger partial charge < -0.3 is 14.0 Å². The number of ether oxygens (including phenoxy) is 2. The third kappa shape index (κ3) is 3.37. The van der Waals surface area contributed by atoms with Crippen LogP contribution in [-0.4, -0.2) is 24.1 Å². The molecule has 0 aliphatic heterocycles. The Kier molecular flexibility index (Phi) is 5.00. The number of rotatable bonds is 7. The molecule has 1 aromatic carbocycles. The van der Waals surface area contributed by atoms with Crippen LogP contribution in [0.1, 0.15) is 26.3 Å². The molecule has 3 heteroatoms. The Morgan fingerprint density at radius 3 is 2.42 bits per heavy atom. The second-order valence-corrected chi connectivity index (χ2v) is 4.56. The molecule has 0 bridgehead atoms. The van der Waals surface area contributed by atoms with Crippen molar-refractivity contribution in [2.75, 3.05) is 13.2 Å². The largest absolute Gasteiger partial charge is 0.351 e. The van der Waals surface area contributed by atoms with Crippen molar-refractivity contribution in [2.45, 2.75) is 40.0 Å². The van der Waals surface area contributed by atoms with Crippen molar-refractivity contribution in [1.82, 2.24) is 4.57 Å². The van der Waals surface area contributed by atoms with Crippen LogP contribution in [0.4, 0.5) is 0 Å². The summed E-state index contributed by atoms with van der Waals surface area (Å²) in [4.78, 5) is 0. The number of benzene rings is 1. The number of hydrogen-bond donors (Lipinski definition) is 0. The molecule has 0 aliphatic carbocycles. The van der Waals surface area contributed by atoms with Gasteiger partial charge in [0.15, 0.2) is 6.29 Å². The molecule has 2 rings (SSSR count). The highest BCUT2D eigenvalue weighted by molar-refractivity contribution is 5.80. The smallest absolute Gasteiger partial charge is 0.175 e. The van der Waals surface area contributed by atoms with E-state index in [4.69, 9.17) is 9.47 Å². The predicted molar refractivity (Wildman–Crippen MR) is 78.4 cm³/mol. The van der Waals surface area contributed by atoms with Crippen LogP contribution >= 0.6 is 0 Å². The Hall–Kier alpha value is -1.32. The highest BCUT2D eigenvalue weighted by atomic mass is 16.7. The summed E-state index contributed by atoms with van der Waals surface area (Å²) in [6, 6.07) is 8.78. The van der Waals surface area contributed by atoms with E-state index in [-0.39, 0.29) is 6.29 Å². The zero-order valence-electron chi connectivity index (χ0n) is 12.1. The first-order valence-corrected chi connectivity index (χ1v) is 7.09. The van der Waals surface area contributed by atoms with Crippen molar-refractivity contribution < 1.29 is 9.47 Å². The fraction of sp³-hybridized carbons (Fsp3) is 0.500. The van der Waals surface area contributed by atoms with Gasteiger partial charge in [-0.3, -0.25) is 0 Å². The average Bonchev–Trinajstić information content (AvgIpc) is 2.81. The molecule has 0 aliphatic rings. The van der Waals surface area contributed by atoms with E-state index < -0.39 is 0 Å². The first kappa shape index (κ1) is 14.1. The SMILES string of the molecule is CCOC(Cn1ccc2cc(CC)ccc21)OCC. The lowest BCUT2D eigenvalue weighted by Gasteiger charge is -2.18. The molecule has 0 amide bonds. The summed E-state index contributed by atoms with van der Waals surface area (Å²) in [5.41, 5.74) is 2.61. The number of hydrogen-bond acceptors (Lipinski definition) is 2. The van der Waals surface area contributed by atoms with Gasteiger partial charge in [0.05, 0.1) is 6.54 Å². The van der Waals surface area contributed by atoms with Crippen LogP contribution in [0.25, 0.3) is 10.9 Å². The van der Waals surface area contributed by atoms with Crippen molar-refractivity contribution in [3.63, 3.8) is 0 Å². The second kappa shape index (κ2) is 6.73. The summed E-state index contributed by atoms with van der Waals surface area (Å²) in [7, 11) is 0. The summed E-state index contributed by atoms with van der Waals surface area (Å²) in [6.45, 7) is 8.24. The van der Waals surface area contributed by atoms with Gasteiger partial charge >= 0.3 is 0 Å². The molecule has 0 fully saturated rings. The van der Waals surface area contributed by atoms with Crippen LogP contribution in [-0.2, 0) is 22.4 Å². The van der Waals surface area contributed by atoms with Gasteiger partial charge in [0.2, 0.25) is 0 Å². The summed E-state index contributed by atoms with van der Waals surface area (Å²) < 4.78 is 13.4. The molecule has 1 heterocycles. The second-order valence-electron chi connectivity index (χ2n) is 4.56. The fourth-order valence-electron chi connectivity index (χ4n) is 2.31. The predicted octanol–water partition coefficient (Wildman–Crippen LogP) is 3.60. The van der Waals surface area contributed by atoms with Crippen molar-refractivity contribution in [3.8, 4) is 0 Å². The van der Waals surface area contributed by atoms with Crippen LogP contribution in [0.5, 0.6) is 0 Å². The highest BCUT2D eigenvalue weighted by Gasteiger charge is 2.10. The molecule has 2 aromatic rings. The van der Waals surface area contributed by atoms with Crippen molar-refractivity contribution >= 4 is 10.9 Å². The maximum absolute atomic E-state index is 5.61. The van der Waals surface area contributed by atoms with Gasteiger partial charge in [0.1, 0.15) is 0 Å². The molecule has 0 N–H and O–H groups in total. The minimum Gasteiger partial charge on any atom is -0.351 e. The molecular weight excluding hydrogens is 238 g/mol. The molecule has 0 atom stereocenters. The van der Waals surface area contributed by atoms with Gasteiger partial charge in [-0.05, 0) is 49.4 Å². The van der Waals surface area contributed by atoms with E-state index in [1.54, 1.807) is 0 Å². The zero-order valence-corrected chi connectivity index (χ0v) is 12.1.